The van der Waals surface area contributed by atoms with Gasteiger partial charge in [0.25, 0.3) is 0 Å². The Bertz CT molecular complexity index is 672. The molecule has 0 atom stereocenters. The lowest BCUT2D eigenvalue weighted by Gasteiger charge is -1.98. The molecule has 0 saturated carbocycles. The molecule has 8 heteroatoms. The molecule has 0 N–H and O–H groups in total. The largest absolute Gasteiger partial charge is 0.390 e. The summed E-state index contributed by atoms with van der Waals surface area (Å²) in [6.45, 7) is -0.119. The Balaban J connectivity index is 2.01. The normalized spacial score (nSPS) is 10.8. The number of nitro groups is 1. The Hall–Kier alpha value is -3.21. The molecule has 0 amide bonds. The molecule has 8 nitrogen and oxygen atoms in total. The van der Waals surface area contributed by atoms with Crippen LogP contribution in [0.2, 0.25) is 0 Å². The fraction of sp³-hybridized carbons (Fsp3) is 0.0833. The Morgan fingerprint density at radius 2 is 2.20 bits per heavy atom. The number of nitriles is 1. The molecule has 0 aliphatic heterocycles. The second-order valence-corrected chi connectivity index (χ2v) is 3.65. The summed E-state index contributed by atoms with van der Waals surface area (Å²) in [6, 6.07) is 12.0. The highest BCUT2D eigenvalue weighted by atomic mass is 16.6. The summed E-state index contributed by atoms with van der Waals surface area (Å²) in [5.74, 6) is -0.277. The maximum Gasteiger partial charge on any atom is 0.390 e. The van der Waals surface area contributed by atoms with Crippen LogP contribution in [0, 0.1) is 21.4 Å². The van der Waals surface area contributed by atoms with E-state index in [1.165, 1.54) is 16.9 Å². The van der Waals surface area contributed by atoms with Gasteiger partial charge in [-0.1, -0.05) is 35.5 Å². The van der Waals surface area contributed by atoms with Crippen LogP contribution in [0.5, 0.6) is 0 Å². The molecule has 100 valence electrons. The lowest BCUT2D eigenvalue weighted by Crippen LogP contribution is -2.04. The number of nitrogens with zero attached hydrogens (tertiary/aromatic N) is 5. The molecular formula is C12H9N5O3. The minimum absolute atomic E-state index is 0.118. The zero-order chi connectivity index (χ0) is 14.4. The fourth-order valence-corrected chi connectivity index (χ4v) is 1.41. The van der Waals surface area contributed by atoms with Crippen molar-refractivity contribution in [2.45, 2.75) is 6.73 Å². The highest BCUT2D eigenvalue weighted by molar-refractivity contribution is 6.11. The number of hydrogen-bond acceptors (Lipinski definition) is 6. The first-order chi connectivity index (χ1) is 9.70. The summed E-state index contributed by atoms with van der Waals surface area (Å²) in [7, 11) is 0. The van der Waals surface area contributed by atoms with E-state index in [9.17, 15) is 10.1 Å². The van der Waals surface area contributed by atoms with Gasteiger partial charge in [0.05, 0.1) is 17.4 Å². The summed E-state index contributed by atoms with van der Waals surface area (Å²) >= 11 is 0. The van der Waals surface area contributed by atoms with E-state index in [2.05, 4.69) is 10.3 Å². The van der Waals surface area contributed by atoms with E-state index >= 15 is 0 Å². The van der Waals surface area contributed by atoms with Gasteiger partial charge < -0.3 is 15.0 Å². The predicted octanol–water partition coefficient (Wildman–Crippen LogP) is 1.69. The third-order valence-corrected chi connectivity index (χ3v) is 2.31. The van der Waals surface area contributed by atoms with E-state index in [1.807, 2.05) is 12.1 Å². The second kappa shape index (κ2) is 6.10. The highest BCUT2D eigenvalue weighted by Crippen LogP contribution is 2.06. The molecule has 1 heterocycles. The van der Waals surface area contributed by atoms with Crippen LogP contribution in [0.3, 0.4) is 0 Å². The van der Waals surface area contributed by atoms with E-state index in [1.54, 1.807) is 24.3 Å². The van der Waals surface area contributed by atoms with Crippen molar-refractivity contribution < 1.29 is 9.76 Å². The molecule has 0 spiro atoms. The van der Waals surface area contributed by atoms with Crippen LogP contribution in [0.4, 0.5) is 5.82 Å². The number of aromatic nitrogens is 2. The molecular weight excluding hydrogens is 262 g/mol. The lowest BCUT2D eigenvalue weighted by atomic mass is 10.1. The van der Waals surface area contributed by atoms with E-state index in [-0.39, 0.29) is 18.3 Å². The van der Waals surface area contributed by atoms with E-state index in [0.29, 0.717) is 5.56 Å². The van der Waals surface area contributed by atoms with Crippen molar-refractivity contribution in [3.8, 4) is 6.07 Å². The lowest BCUT2D eigenvalue weighted by molar-refractivity contribution is -0.389. The Labute approximate surface area is 113 Å². The monoisotopic (exact) mass is 271 g/mol. The quantitative estimate of drug-likeness (QED) is 0.467. The first kappa shape index (κ1) is 13.2. The maximum atomic E-state index is 10.4. The molecule has 0 saturated heterocycles. The summed E-state index contributed by atoms with van der Waals surface area (Å²) in [5, 5.41) is 26.8. The Morgan fingerprint density at radius 3 is 2.80 bits per heavy atom. The Kier molecular flexibility index (Phi) is 4.04. The molecule has 1 aromatic carbocycles. The van der Waals surface area contributed by atoms with Gasteiger partial charge in [-0.15, -0.1) is 4.68 Å². The standard InChI is InChI=1S/C12H9N5O3/c13-8-11(10-4-2-1-3-5-10)15-20-9-16-7-6-12(14-16)17(18)19/h1-7H,9H2. The van der Waals surface area contributed by atoms with Crippen molar-refractivity contribution in [3.05, 3.63) is 58.3 Å². The molecule has 20 heavy (non-hydrogen) atoms. The van der Waals surface area contributed by atoms with Crippen LogP contribution in [-0.4, -0.2) is 20.4 Å². The smallest absolute Gasteiger partial charge is 0.369 e. The van der Waals surface area contributed by atoms with Crippen LogP contribution in [0.25, 0.3) is 0 Å². The topological polar surface area (TPSA) is 106 Å². The second-order valence-electron chi connectivity index (χ2n) is 3.65. The van der Waals surface area contributed by atoms with Gasteiger partial charge in [-0.2, -0.15) is 5.26 Å². The van der Waals surface area contributed by atoms with Crippen molar-refractivity contribution in [1.82, 2.24) is 9.78 Å². The minimum Gasteiger partial charge on any atom is -0.369 e. The molecule has 1 aromatic heterocycles. The molecule has 0 fully saturated rings. The van der Waals surface area contributed by atoms with E-state index in [0.717, 1.165) is 0 Å². The molecule has 0 aliphatic rings. The highest BCUT2D eigenvalue weighted by Gasteiger charge is 2.10. The summed E-state index contributed by atoms with van der Waals surface area (Å²) in [6.07, 6.45) is 1.39. The first-order valence-electron chi connectivity index (χ1n) is 5.54. The molecule has 2 rings (SSSR count). The minimum atomic E-state index is -0.607. The van der Waals surface area contributed by atoms with Gasteiger partial charge in [-0.05, 0) is 4.92 Å². The van der Waals surface area contributed by atoms with Gasteiger partial charge in [0.2, 0.25) is 6.73 Å². The van der Waals surface area contributed by atoms with E-state index < -0.39 is 4.92 Å². The average molecular weight is 271 g/mol. The van der Waals surface area contributed by atoms with Crippen molar-refractivity contribution in [2.75, 3.05) is 0 Å². The van der Waals surface area contributed by atoms with Crippen LogP contribution >= 0.6 is 0 Å². The van der Waals surface area contributed by atoms with Gasteiger partial charge in [-0.25, -0.2) is 0 Å². The van der Waals surface area contributed by atoms with Gasteiger partial charge in [0.15, 0.2) is 5.71 Å². The number of benzene rings is 1. The summed E-state index contributed by atoms with van der Waals surface area (Å²) in [4.78, 5) is 14.8. The maximum absolute atomic E-state index is 10.4. The van der Waals surface area contributed by atoms with Gasteiger partial charge in [-0.3, -0.25) is 0 Å². The third-order valence-electron chi connectivity index (χ3n) is 2.31. The van der Waals surface area contributed by atoms with Crippen LogP contribution in [0.1, 0.15) is 5.56 Å². The number of oxime groups is 1. The predicted molar refractivity (Wildman–Crippen MR) is 68.6 cm³/mol. The molecule has 0 unspecified atom stereocenters. The molecule has 0 aliphatic carbocycles. The van der Waals surface area contributed by atoms with Gasteiger partial charge in [0, 0.05) is 5.56 Å². The molecule has 0 radical (unpaired) electrons. The van der Waals surface area contributed by atoms with Crippen LogP contribution in [0.15, 0.2) is 47.8 Å². The van der Waals surface area contributed by atoms with Gasteiger partial charge >= 0.3 is 5.82 Å². The number of hydrogen-bond donors (Lipinski definition) is 0. The van der Waals surface area contributed by atoms with Crippen molar-refractivity contribution >= 4 is 11.5 Å². The third kappa shape index (κ3) is 3.17. The van der Waals surface area contributed by atoms with E-state index in [4.69, 9.17) is 10.1 Å². The van der Waals surface area contributed by atoms with Crippen molar-refractivity contribution in [1.29, 1.82) is 5.26 Å². The van der Waals surface area contributed by atoms with Gasteiger partial charge in [0.1, 0.15) is 6.07 Å². The van der Waals surface area contributed by atoms with Crippen molar-refractivity contribution in [3.63, 3.8) is 0 Å². The zero-order valence-corrected chi connectivity index (χ0v) is 10.2. The SMILES string of the molecule is N#CC(=NOCn1ccc([N+](=O)[O-])n1)c1ccccc1. The van der Waals surface area contributed by atoms with Crippen molar-refractivity contribution in [2.24, 2.45) is 5.16 Å². The first-order valence-corrected chi connectivity index (χ1v) is 5.54. The molecule has 0 bridgehead atoms. The molecule has 2 aromatic rings. The average Bonchev–Trinajstić information content (AvgIpc) is 2.94. The zero-order valence-electron chi connectivity index (χ0n) is 10.2. The summed E-state index contributed by atoms with van der Waals surface area (Å²) in [5.41, 5.74) is 0.744. The number of rotatable bonds is 5. The fourth-order valence-electron chi connectivity index (χ4n) is 1.41. The van der Waals surface area contributed by atoms with Crippen LogP contribution in [-0.2, 0) is 11.6 Å². The Morgan fingerprint density at radius 1 is 1.45 bits per heavy atom. The summed E-state index contributed by atoms with van der Waals surface area (Å²) < 4.78 is 1.21. The van der Waals surface area contributed by atoms with Crippen LogP contribution < -0.4 is 0 Å².